The number of nitrogens with one attached hydrogen (secondary N) is 2. The van der Waals surface area contributed by atoms with E-state index in [1.54, 1.807) is 38.4 Å². The summed E-state index contributed by atoms with van der Waals surface area (Å²) in [5.41, 5.74) is 3.68. The van der Waals surface area contributed by atoms with Gasteiger partial charge >= 0.3 is 6.09 Å². The Morgan fingerprint density at radius 3 is 2.42 bits per heavy atom. The van der Waals surface area contributed by atoms with E-state index in [-0.39, 0.29) is 23.7 Å². The molecule has 0 unspecified atom stereocenters. The molecule has 0 spiro atoms. The van der Waals surface area contributed by atoms with E-state index in [4.69, 9.17) is 4.74 Å². The number of benzene rings is 2. The zero-order chi connectivity index (χ0) is 27.7. The van der Waals surface area contributed by atoms with Crippen molar-refractivity contribution in [3.63, 3.8) is 0 Å². The Labute approximate surface area is 227 Å². The number of nitrogens with zero attached hydrogens (tertiary/aromatic N) is 2. The van der Waals surface area contributed by atoms with Gasteiger partial charge in [-0.15, -0.1) is 11.8 Å². The second kappa shape index (κ2) is 10.9. The minimum atomic E-state index is -0.809. The van der Waals surface area contributed by atoms with Crippen molar-refractivity contribution in [1.29, 1.82) is 0 Å². The zero-order valence-electron chi connectivity index (χ0n) is 22.5. The molecule has 204 valence electrons. The van der Waals surface area contributed by atoms with E-state index in [1.165, 1.54) is 15.5 Å². The van der Waals surface area contributed by atoms with Crippen LogP contribution in [-0.4, -0.2) is 64.0 Å². The van der Waals surface area contributed by atoms with Gasteiger partial charge in [-0.3, -0.25) is 14.8 Å². The van der Waals surface area contributed by atoms with E-state index < -0.39 is 29.6 Å². The summed E-state index contributed by atoms with van der Waals surface area (Å²) >= 11 is 1.89. The summed E-state index contributed by atoms with van der Waals surface area (Å²) in [6.45, 7) is 11.5. The van der Waals surface area contributed by atoms with Crippen LogP contribution in [-0.2, 0) is 16.1 Å². The van der Waals surface area contributed by atoms with Crippen molar-refractivity contribution >= 4 is 35.4 Å². The molecule has 1 fully saturated rings. The molecule has 0 radical (unpaired) electrons. The highest BCUT2D eigenvalue weighted by molar-refractivity contribution is 8.00. The van der Waals surface area contributed by atoms with Crippen molar-refractivity contribution < 1.29 is 24.3 Å². The van der Waals surface area contributed by atoms with Crippen molar-refractivity contribution in [3.8, 4) is 0 Å². The molecule has 2 aliphatic heterocycles. The summed E-state index contributed by atoms with van der Waals surface area (Å²) < 4.78 is 5.49. The van der Waals surface area contributed by atoms with E-state index >= 15 is 0 Å². The van der Waals surface area contributed by atoms with E-state index in [1.807, 2.05) is 23.9 Å². The summed E-state index contributed by atoms with van der Waals surface area (Å²) in [6, 6.07) is 15.1. The van der Waals surface area contributed by atoms with Crippen molar-refractivity contribution in [1.82, 2.24) is 15.7 Å². The summed E-state index contributed by atoms with van der Waals surface area (Å²) in [6.07, 6.45) is -0.574. The molecule has 2 aromatic carbocycles. The maximum Gasteiger partial charge on any atom is 0.410 e. The molecule has 10 heteroatoms. The maximum absolute atomic E-state index is 13.1. The van der Waals surface area contributed by atoms with E-state index in [0.29, 0.717) is 5.56 Å². The van der Waals surface area contributed by atoms with Crippen LogP contribution < -0.4 is 15.7 Å². The van der Waals surface area contributed by atoms with Gasteiger partial charge in [0.25, 0.3) is 5.91 Å². The quantitative estimate of drug-likeness (QED) is 0.388. The van der Waals surface area contributed by atoms with Crippen LogP contribution in [0.2, 0.25) is 0 Å². The van der Waals surface area contributed by atoms with E-state index in [0.717, 1.165) is 18.7 Å². The molecule has 0 saturated carbocycles. The number of carbonyl (C=O) groups excluding carboxylic acids is 3. The number of carbonyl (C=O) groups is 3. The van der Waals surface area contributed by atoms with Crippen LogP contribution >= 0.6 is 11.8 Å². The number of ether oxygens (including phenoxy) is 1. The van der Waals surface area contributed by atoms with Gasteiger partial charge in [-0.05, 0) is 64.4 Å². The zero-order valence-corrected chi connectivity index (χ0v) is 23.3. The number of amides is 3. The number of anilines is 1. The van der Waals surface area contributed by atoms with Crippen LogP contribution in [0.3, 0.4) is 0 Å². The van der Waals surface area contributed by atoms with Crippen molar-refractivity contribution in [2.75, 3.05) is 24.5 Å². The van der Waals surface area contributed by atoms with Gasteiger partial charge in [-0.25, -0.2) is 10.3 Å². The lowest BCUT2D eigenvalue weighted by molar-refractivity contribution is -0.133. The normalized spacial score (nSPS) is 20.5. The van der Waals surface area contributed by atoms with Gasteiger partial charge in [0.15, 0.2) is 0 Å². The first kappa shape index (κ1) is 27.8. The molecule has 0 aliphatic carbocycles. The first-order valence-electron chi connectivity index (χ1n) is 12.7. The number of likely N-dealkylation sites (tertiary alicyclic amines) is 1. The Balaban J connectivity index is 1.43. The number of thioether (sulfide) groups is 1. The van der Waals surface area contributed by atoms with Crippen molar-refractivity contribution in [3.05, 3.63) is 59.7 Å². The second-order valence-corrected chi connectivity index (χ2v) is 13.2. The van der Waals surface area contributed by atoms with Crippen LogP contribution in [0, 0.1) is 5.92 Å². The van der Waals surface area contributed by atoms with Gasteiger partial charge in [0.05, 0.1) is 17.6 Å². The minimum absolute atomic E-state index is 0.0249. The fraction of sp³-hybridized carbons (Fsp3) is 0.464. The molecule has 38 heavy (non-hydrogen) atoms. The number of hydroxylamine groups is 1. The molecule has 9 nitrogen and oxygen atoms in total. The third-order valence-electron chi connectivity index (χ3n) is 6.49. The minimum Gasteiger partial charge on any atom is -0.444 e. The van der Waals surface area contributed by atoms with E-state index in [9.17, 15) is 19.6 Å². The van der Waals surface area contributed by atoms with Crippen LogP contribution in [0.25, 0.3) is 0 Å². The van der Waals surface area contributed by atoms with E-state index in [2.05, 4.69) is 48.3 Å². The maximum atomic E-state index is 13.1. The lowest BCUT2D eigenvalue weighted by atomic mass is 10.0. The molecule has 1 saturated heterocycles. The summed E-state index contributed by atoms with van der Waals surface area (Å²) in [4.78, 5) is 42.9. The predicted octanol–water partition coefficient (Wildman–Crippen LogP) is 4.05. The van der Waals surface area contributed by atoms with Crippen LogP contribution in [0.5, 0.6) is 0 Å². The fourth-order valence-corrected chi connectivity index (χ4v) is 6.09. The summed E-state index contributed by atoms with van der Waals surface area (Å²) in [7, 11) is 0. The second-order valence-electron chi connectivity index (χ2n) is 11.4. The average Bonchev–Trinajstić information content (AvgIpc) is 3.26. The molecule has 2 atom stereocenters. The molecule has 2 aromatic rings. The van der Waals surface area contributed by atoms with Gasteiger partial charge in [-0.1, -0.05) is 24.3 Å². The number of hydrogen-bond donors (Lipinski definition) is 3. The van der Waals surface area contributed by atoms with Crippen molar-refractivity contribution in [2.45, 2.75) is 62.4 Å². The Morgan fingerprint density at radius 2 is 1.76 bits per heavy atom. The van der Waals surface area contributed by atoms with Gasteiger partial charge in [0, 0.05) is 41.4 Å². The summed E-state index contributed by atoms with van der Waals surface area (Å²) in [5.74, 6) is -1.83. The molecule has 4 rings (SSSR count). The van der Waals surface area contributed by atoms with Crippen LogP contribution in [0.1, 0.15) is 50.5 Å². The Hall–Kier alpha value is -3.24. The molecular weight excluding hydrogens is 504 g/mol. The van der Waals surface area contributed by atoms with Crippen LogP contribution in [0.15, 0.2) is 53.4 Å². The third-order valence-corrected chi connectivity index (χ3v) is 7.74. The van der Waals surface area contributed by atoms with Crippen LogP contribution in [0.4, 0.5) is 10.5 Å². The molecule has 2 heterocycles. The van der Waals surface area contributed by atoms with Crippen molar-refractivity contribution in [2.24, 2.45) is 5.92 Å². The number of para-hydroxylation sites is 1. The molecular formula is C28H36N4O5S. The molecule has 0 bridgehead atoms. The highest BCUT2D eigenvalue weighted by Gasteiger charge is 2.42. The number of rotatable bonds is 5. The standard InChI is InChI=1S/C28H36N4O5S/c1-27(2,3)37-26(35)31-15-20(25(34)30-36)21(16-31)29-24(33)19-12-10-18(11-13-19)14-32-17-28(4,5)38-23-9-7-6-8-22(23)32/h6-13,20-21,36H,14-17H2,1-5H3,(H,29,33)(H,30,34)/t20-,21+/m0/s1. The lowest BCUT2D eigenvalue weighted by Gasteiger charge is -2.40. The fourth-order valence-electron chi connectivity index (χ4n) is 4.83. The highest BCUT2D eigenvalue weighted by atomic mass is 32.2. The predicted molar refractivity (Wildman–Crippen MR) is 146 cm³/mol. The largest absolute Gasteiger partial charge is 0.444 e. The van der Waals surface area contributed by atoms with Gasteiger partial charge < -0.3 is 19.9 Å². The number of hydrogen-bond acceptors (Lipinski definition) is 7. The third kappa shape index (κ3) is 6.60. The SMILES string of the molecule is CC(C)(C)OC(=O)N1C[C@H](C(=O)NO)[C@H](NC(=O)c2ccc(CN3CC(C)(C)Sc4ccccc43)cc2)C1. The number of fused-ring (bicyclic) bond motifs is 1. The van der Waals surface area contributed by atoms with Gasteiger partial charge in [0.1, 0.15) is 5.60 Å². The molecule has 3 N–H and O–H groups in total. The monoisotopic (exact) mass is 540 g/mol. The highest BCUT2D eigenvalue weighted by Crippen LogP contribution is 2.44. The first-order chi connectivity index (χ1) is 17.8. The van der Waals surface area contributed by atoms with Gasteiger partial charge in [0.2, 0.25) is 5.91 Å². The van der Waals surface area contributed by atoms with Gasteiger partial charge in [-0.2, -0.15) is 0 Å². The Kier molecular flexibility index (Phi) is 7.94. The molecule has 3 amide bonds. The lowest BCUT2D eigenvalue weighted by Crippen LogP contribution is -2.45. The summed E-state index contributed by atoms with van der Waals surface area (Å²) in [5, 5.41) is 12.0. The first-order valence-corrected chi connectivity index (χ1v) is 13.5. The Bertz CT molecular complexity index is 1190. The average molecular weight is 541 g/mol. The smallest absolute Gasteiger partial charge is 0.410 e. The molecule has 0 aromatic heterocycles. The topological polar surface area (TPSA) is 111 Å². The Morgan fingerprint density at radius 1 is 1.08 bits per heavy atom. The molecule has 2 aliphatic rings.